The Morgan fingerprint density at radius 1 is 1.34 bits per heavy atom. The Hall–Kier alpha value is -3.88. The molecule has 9 nitrogen and oxygen atoms in total. The van der Waals surface area contributed by atoms with Crippen molar-refractivity contribution in [2.75, 3.05) is 19.7 Å². The van der Waals surface area contributed by atoms with E-state index in [0.29, 0.717) is 29.1 Å². The smallest absolute Gasteiger partial charge is 0.387 e. The molecule has 0 bridgehead atoms. The monoisotopic (exact) mass is 587 g/mol. The number of halogens is 3. The number of nitrogens with one attached hydrogen (secondary N) is 2. The lowest BCUT2D eigenvalue weighted by atomic mass is 9.84. The summed E-state index contributed by atoms with van der Waals surface area (Å²) in [6, 6.07) is 9.77. The van der Waals surface area contributed by atoms with Crippen LogP contribution >= 0.6 is 11.6 Å². The number of amides is 1. The molecule has 41 heavy (non-hydrogen) atoms. The predicted molar refractivity (Wildman–Crippen MR) is 151 cm³/mol. The largest absolute Gasteiger partial charge is 0.481 e. The van der Waals surface area contributed by atoms with Crippen molar-refractivity contribution in [3.8, 4) is 11.9 Å². The number of amidine groups is 1. The van der Waals surface area contributed by atoms with Crippen LogP contribution in [0.15, 0.2) is 53.4 Å². The summed E-state index contributed by atoms with van der Waals surface area (Å²) < 4.78 is 35.9. The minimum Gasteiger partial charge on any atom is -0.481 e. The maximum atomic E-state index is 13.9. The number of aliphatic hydroxyl groups excluding tert-OH is 1. The number of carbonyl (C=O) groups is 1. The molecule has 0 aliphatic carbocycles. The number of ether oxygens (including phenoxy) is 2. The summed E-state index contributed by atoms with van der Waals surface area (Å²) in [6.07, 6.45) is 4.43. The fourth-order valence-electron chi connectivity index (χ4n) is 5.25. The molecule has 2 unspecified atom stereocenters. The Balaban J connectivity index is 1.84. The van der Waals surface area contributed by atoms with Gasteiger partial charge in [-0.25, -0.2) is 4.99 Å². The molecule has 0 radical (unpaired) electrons. The molecule has 218 valence electrons. The highest BCUT2D eigenvalue weighted by Crippen LogP contribution is 2.37. The first kappa shape index (κ1) is 30.1. The number of rotatable bonds is 8. The van der Waals surface area contributed by atoms with E-state index in [1.165, 1.54) is 18.2 Å². The quantitative estimate of drug-likeness (QED) is 0.166. The van der Waals surface area contributed by atoms with Crippen LogP contribution in [0.3, 0.4) is 0 Å². The zero-order valence-electron chi connectivity index (χ0n) is 22.7. The number of alkyl halides is 2. The molecule has 0 saturated carbocycles. The van der Waals surface area contributed by atoms with Gasteiger partial charge in [0.2, 0.25) is 5.91 Å². The van der Waals surface area contributed by atoms with Crippen molar-refractivity contribution < 1.29 is 28.2 Å². The minimum absolute atomic E-state index is 0.0994. The fraction of sp³-hybridized carbons (Fsp3) is 0.414. The zero-order valence-corrected chi connectivity index (χ0v) is 23.5. The Kier molecular flexibility index (Phi) is 10.0. The molecule has 2 aromatic carbocycles. The number of aryl methyl sites for hydroxylation is 1. The van der Waals surface area contributed by atoms with E-state index in [1.807, 2.05) is 20.0 Å². The Bertz CT molecular complexity index is 1360. The third kappa shape index (κ3) is 7.07. The summed E-state index contributed by atoms with van der Waals surface area (Å²) in [5.41, 5.74) is 1.93. The highest BCUT2D eigenvalue weighted by Gasteiger charge is 2.44. The number of hydrogen-bond acceptors (Lipinski definition) is 7. The topological polar surface area (TPSA) is 119 Å². The van der Waals surface area contributed by atoms with Crippen LogP contribution in [0.4, 0.5) is 14.5 Å². The molecule has 2 heterocycles. The van der Waals surface area contributed by atoms with E-state index < -0.39 is 24.6 Å². The van der Waals surface area contributed by atoms with E-state index in [2.05, 4.69) is 20.4 Å². The first-order valence-corrected chi connectivity index (χ1v) is 13.8. The van der Waals surface area contributed by atoms with Gasteiger partial charge in [-0.2, -0.15) is 14.0 Å². The van der Waals surface area contributed by atoms with E-state index in [0.717, 1.165) is 24.9 Å². The number of nitrogens with zero attached hydrogens (tertiary/aromatic N) is 3. The van der Waals surface area contributed by atoms with Crippen LogP contribution in [0.1, 0.15) is 37.3 Å². The third-order valence-electron chi connectivity index (χ3n) is 7.17. The molecule has 0 spiro atoms. The minimum atomic E-state index is -3.02. The molecule has 1 amide bonds. The van der Waals surface area contributed by atoms with Crippen molar-refractivity contribution in [1.29, 1.82) is 5.26 Å². The number of aliphatic hydroxyl groups is 1. The molecule has 1 saturated heterocycles. The average Bonchev–Trinajstić information content (AvgIpc) is 2.95. The maximum Gasteiger partial charge on any atom is 0.387 e. The number of aliphatic imine (C=N–C) groups is 1. The molecular formula is C29H32ClF2N5O4. The van der Waals surface area contributed by atoms with Gasteiger partial charge < -0.3 is 24.8 Å². The average molecular weight is 588 g/mol. The number of carbonyl (C=O) groups excluding carboxylic acids is 1. The Labute approximate surface area is 242 Å². The summed E-state index contributed by atoms with van der Waals surface area (Å²) in [5.74, 6) is -1.21. The maximum absolute atomic E-state index is 13.9. The van der Waals surface area contributed by atoms with Crippen molar-refractivity contribution in [2.24, 2.45) is 10.9 Å². The Morgan fingerprint density at radius 3 is 2.80 bits per heavy atom. The van der Waals surface area contributed by atoms with Crippen LogP contribution in [0.25, 0.3) is 5.57 Å². The second-order valence-corrected chi connectivity index (χ2v) is 10.2. The van der Waals surface area contributed by atoms with E-state index in [1.54, 1.807) is 29.2 Å². The van der Waals surface area contributed by atoms with Gasteiger partial charge in [0.25, 0.3) is 5.95 Å². The number of benzene rings is 2. The molecular weight excluding hydrogens is 556 g/mol. The highest BCUT2D eigenvalue weighted by molar-refractivity contribution is 6.31. The van der Waals surface area contributed by atoms with Gasteiger partial charge in [-0.05, 0) is 68.6 Å². The van der Waals surface area contributed by atoms with Crippen molar-refractivity contribution in [2.45, 2.75) is 51.8 Å². The number of nitriles is 1. The fourth-order valence-corrected chi connectivity index (χ4v) is 5.37. The van der Waals surface area contributed by atoms with Crippen LogP contribution in [-0.4, -0.2) is 60.1 Å². The molecule has 4 rings (SSSR count). The van der Waals surface area contributed by atoms with Gasteiger partial charge in [-0.1, -0.05) is 30.2 Å². The first-order chi connectivity index (χ1) is 19.7. The number of piperidine rings is 1. The molecule has 3 atom stereocenters. The molecule has 0 aromatic heterocycles. The van der Waals surface area contributed by atoms with Crippen LogP contribution in [0.2, 0.25) is 5.02 Å². The molecule has 2 aliphatic rings. The van der Waals surface area contributed by atoms with Crippen LogP contribution in [0.5, 0.6) is 5.75 Å². The number of likely N-dealkylation sites (N-methyl/N-ethyl adjacent to an activating group) is 1. The third-order valence-corrected chi connectivity index (χ3v) is 7.60. The normalized spacial score (nSPS) is 21.2. The van der Waals surface area contributed by atoms with Crippen molar-refractivity contribution >= 4 is 34.6 Å². The van der Waals surface area contributed by atoms with Gasteiger partial charge >= 0.3 is 6.61 Å². The lowest BCUT2D eigenvalue weighted by Crippen LogP contribution is -2.57. The van der Waals surface area contributed by atoms with Crippen LogP contribution in [-0.2, 0) is 9.53 Å². The summed E-state index contributed by atoms with van der Waals surface area (Å²) in [5, 5.41) is 27.2. The summed E-state index contributed by atoms with van der Waals surface area (Å²) in [7, 11) is 0. The standard InChI is InChI=1S/C29H32ClF2N5O4/c1-3-37(27(38)23-9-4-5-12-34-23)25-21(15-40-28(39)24(25)18-10-11-22(30)17(2)13-18)26(35-16-33)36-19-7-6-8-20(14-19)41-29(31)32/h6-8,10-11,13-14,21,23,25,29,34,39H,3-5,9,12,15H2,1-2H3,(H,35,36)/t21?,23-,25?/m1/s1. The van der Waals surface area contributed by atoms with Crippen molar-refractivity contribution in [1.82, 2.24) is 15.5 Å². The molecule has 2 aliphatic heterocycles. The summed E-state index contributed by atoms with van der Waals surface area (Å²) >= 11 is 6.28. The highest BCUT2D eigenvalue weighted by atomic mass is 35.5. The SMILES string of the molecule is CCN(C(=O)[C@H]1CCCCN1)C1C(c2ccc(Cl)c(C)c2)=C(O)OCC1C(=Nc1cccc(OC(F)F)c1)NC#N. The molecule has 1 fully saturated rings. The zero-order chi connectivity index (χ0) is 29.5. The van der Waals surface area contributed by atoms with Gasteiger partial charge in [0, 0.05) is 17.6 Å². The molecule has 12 heteroatoms. The first-order valence-electron chi connectivity index (χ1n) is 13.4. The van der Waals surface area contributed by atoms with Gasteiger partial charge in [0.05, 0.1) is 29.3 Å². The lowest BCUT2D eigenvalue weighted by Gasteiger charge is -2.42. The van der Waals surface area contributed by atoms with Crippen molar-refractivity contribution in [3.63, 3.8) is 0 Å². The second-order valence-electron chi connectivity index (χ2n) is 9.78. The molecule has 2 aromatic rings. The summed E-state index contributed by atoms with van der Waals surface area (Å²) in [6.45, 7) is 1.54. The second kappa shape index (κ2) is 13.7. The predicted octanol–water partition coefficient (Wildman–Crippen LogP) is 5.28. The van der Waals surface area contributed by atoms with Gasteiger partial charge in [0.15, 0.2) is 6.19 Å². The van der Waals surface area contributed by atoms with E-state index in [-0.39, 0.29) is 35.7 Å². The van der Waals surface area contributed by atoms with E-state index >= 15 is 0 Å². The van der Waals surface area contributed by atoms with E-state index in [9.17, 15) is 23.9 Å². The molecule has 3 N–H and O–H groups in total. The van der Waals surface area contributed by atoms with Crippen LogP contribution in [0, 0.1) is 24.3 Å². The van der Waals surface area contributed by atoms with Gasteiger partial charge in [-0.15, -0.1) is 0 Å². The number of hydrogen-bond donors (Lipinski definition) is 3. The van der Waals surface area contributed by atoms with Gasteiger partial charge in [0.1, 0.15) is 18.2 Å². The Morgan fingerprint density at radius 2 is 2.15 bits per heavy atom. The summed E-state index contributed by atoms with van der Waals surface area (Å²) in [4.78, 5) is 20.2. The van der Waals surface area contributed by atoms with Crippen LogP contribution < -0.4 is 15.4 Å². The lowest BCUT2D eigenvalue weighted by molar-refractivity contribution is -0.136. The van der Waals surface area contributed by atoms with Crippen molar-refractivity contribution in [3.05, 3.63) is 64.6 Å². The van der Waals surface area contributed by atoms with E-state index in [4.69, 9.17) is 16.3 Å². The van der Waals surface area contributed by atoms with Gasteiger partial charge in [-0.3, -0.25) is 10.1 Å².